The highest BCUT2D eigenvalue weighted by molar-refractivity contribution is 5.96. The maximum Gasteiger partial charge on any atom is 0.134 e. The zero-order chi connectivity index (χ0) is 14.8. The fourth-order valence-electron chi connectivity index (χ4n) is 2.84. The van der Waals surface area contributed by atoms with Crippen molar-refractivity contribution in [2.45, 2.75) is 12.8 Å². The Labute approximate surface area is 128 Å². The van der Waals surface area contributed by atoms with Crippen LogP contribution in [0.2, 0.25) is 0 Å². The number of nitrogens with zero attached hydrogens (tertiary/aromatic N) is 4. The molecule has 2 aromatic carbocycles. The first-order chi connectivity index (χ1) is 10.9. The van der Waals surface area contributed by atoms with Gasteiger partial charge in [-0.2, -0.15) is 5.11 Å². The van der Waals surface area contributed by atoms with Crippen molar-refractivity contribution in [3.63, 3.8) is 0 Å². The Bertz CT molecular complexity index is 804. The quantitative estimate of drug-likeness (QED) is 0.649. The lowest BCUT2D eigenvalue weighted by Gasteiger charge is -2.19. The van der Waals surface area contributed by atoms with Crippen LogP contribution < -0.4 is 4.90 Å². The Morgan fingerprint density at radius 1 is 0.955 bits per heavy atom. The van der Waals surface area contributed by atoms with Gasteiger partial charge in [0.05, 0.1) is 16.8 Å². The maximum atomic E-state index is 5.11. The molecule has 0 radical (unpaired) electrons. The number of fused-ring (bicyclic) bond motifs is 1. The van der Waals surface area contributed by atoms with Gasteiger partial charge in [-0.15, -0.1) is 5.11 Å². The molecule has 1 aliphatic rings. The Balaban J connectivity index is 1.80. The van der Waals surface area contributed by atoms with E-state index in [2.05, 4.69) is 26.4 Å². The summed E-state index contributed by atoms with van der Waals surface area (Å²) in [6, 6.07) is 13.8. The minimum atomic E-state index is 0.810. The van der Waals surface area contributed by atoms with Gasteiger partial charge in [0.25, 0.3) is 0 Å². The van der Waals surface area contributed by atoms with E-state index >= 15 is 0 Å². The molecule has 0 N–H and O–H groups in total. The number of aromatic nitrogens is 1. The summed E-state index contributed by atoms with van der Waals surface area (Å²) in [6.45, 7) is 2.12. The lowest BCUT2D eigenvalue weighted by Crippen LogP contribution is -2.17. The molecular weight excluding hydrogens is 276 g/mol. The predicted octanol–water partition coefficient (Wildman–Crippen LogP) is 4.84. The summed E-state index contributed by atoms with van der Waals surface area (Å²) in [7, 11) is 0. The van der Waals surface area contributed by atoms with E-state index in [1.165, 1.54) is 12.8 Å². The van der Waals surface area contributed by atoms with E-state index in [9.17, 15) is 0 Å². The van der Waals surface area contributed by atoms with Crippen molar-refractivity contribution < 1.29 is 4.52 Å². The lowest BCUT2D eigenvalue weighted by atomic mass is 10.2. The predicted molar refractivity (Wildman–Crippen MR) is 86.1 cm³/mol. The van der Waals surface area contributed by atoms with E-state index in [1.54, 1.807) is 6.26 Å². The number of hydrogen-bond acceptors (Lipinski definition) is 5. The van der Waals surface area contributed by atoms with E-state index in [0.717, 1.165) is 41.1 Å². The van der Waals surface area contributed by atoms with Gasteiger partial charge in [-0.25, -0.2) is 0 Å². The van der Waals surface area contributed by atoms with E-state index < -0.39 is 0 Å². The standard InChI is InChI=1S/C17H16N4O/c1-2-6-13(7-3-1)18-19-17-14-12-22-20-15(14)8-9-16(17)21-10-4-5-11-21/h1-3,6-9,12H,4-5,10-11H2. The minimum absolute atomic E-state index is 0.810. The van der Waals surface area contributed by atoms with Crippen molar-refractivity contribution in [1.82, 2.24) is 5.16 Å². The molecule has 0 bridgehead atoms. The van der Waals surface area contributed by atoms with Crippen molar-refractivity contribution in [1.29, 1.82) is 0 Å². The van der Waals surface area contributed by atoms with E-state index in [4.69, 9.17) is 4.52 Å². The SMILES string of the molecule is c1ccc(N=Nc2c(N3CCCC3)ccc3nocc23)cc1. The van der Waals surface area contributed by atoms with E-state index in [1.807, 2.05) is 36.4 Å². The third-order valence-electron chi connectivity index (χ3n) is 3.96. The summed E-state index contributed by atoms with van der Waals surface area (Å²) in [5.74, 6) is 0. The molecule has 5 heteroatoms. The molecule has 0 unspecified atom stereocenters. The summed E-state index contributed by atoms with van der Waals surface area (Å²) in [4.78, 5) is 2.35. The first-order valence-corrected chi connectivity index (χ1v) is 7.51. The van der Waals surface area contributed by atoms with Crippen LogP contribution in [0.5, 0.6) is 0 Å². The minimum Gasteiger partial charge on any atom is -0.370 e. The molecule has 0 aliphatic carbocycles. The molecule has 2 heterocycles. The van der Waals surface area contributed by atoms with Gasteiger partial charge in [-0.05, 0) is 37.1 Å². The van der Waals surface area contributed by atoms with Crippen LogP contribution in [-0.2, 0) is 0 Å². The number of hydrogen-bond donors (Lipinski definition) is 0. The highest BCUT2D eigenvalue weighted by Crippen LogP contribution is 2.38. The molecule has 0 spiro atoms. The van der Waals surface area contributed by atoms with Crippen LogP contribution in [0.25, 0.3) is 10.9 Å². The first-order valence-electron chi connectivity index (χ1n) is 7.51. The molecular formula is C17H16N4O. The van der Waals surface area contributed by atoms with Crippen LogP contribution in [-0.4, -0.2) is 18.2 Å². The molecule has 3 aromatic rings. The second kappa shape index (κ2) is 5.60. The number of anilines is 1. The van der Waals surface area contributed by atoms with Crippen LogP contribution in [0.1, 0.15) is 12.8 Å². The fraction of sp³-hybridized carbons (Fsp3) is 0.235. The second-order valence-corrected chi connectivity index (χ2v) is 5.41. The van der Waals surface area contributed by atoms with Crippen molar-refractivity contribution in [2.75, 3.05) is 18.0 Å². The summed E-state index contributed by atoms with van der Waals surface area (Å²) in [5, 5.41) is 13.8. The van der Waals surface area contributed by atoms with Gasteiger partial charge >= 0.3 is 0 Å². The second-order valence-electron chi connectivity index (χ2n) is 5.41. The Morgan fingerprint density at radius 3 is 2.59 bits per heavy atom. The largest absolute Gasteiger partial charge is 0.370 e. The highest BCUT2D eigenvalue weighted by Gasteiger charge is 2.19. The van der Waals surface area contributed by atoms with Crippen molar-refractivity contribution in [3.8, 4) is 0 Å². The van der Waals surface area contributed by atoms with Crippen molar-refractivity contribution in [2.24, 2.45) is 10.2 Å². The van der Waals surface area contributed by atoms with Gasteiger partial charge in [-0.1, -0.05) is 23.4 Å². The molecule has 1 saturated heterocycles. The van der Waals surface area contributed by atoms with Gasteiger partial charge < -0.3 is 9.42 Å². The average Bonchev–Trinajstić information content (AvgIpc) is 3.24. The summed E-state index contributed by atoms with van der Waals surface area (Å²) >= 11 is 0. The molecule has 0 saturated carbocycles. The number of benzene rings is 2. The van der Waals surface area contributed by atoms with Gasteiger partial charge in [0.1, 0.15) is 17.5 Å². The Morgan fingerprint density at radius 2 is 1.77 bits per heavy atom. The molecule has 5 nitrogen and oxygen atoms in total. The van der Waals surface area contributed by atoms with Gasteiger partial charge in [0.2, 0.25) is 0 Å². The molecule has 1 aliphatic heterocycles. The Hall–Kier alpha value is -2.69. The van der Waals surface area contributed by atoms with Crippen LogP contribution in [0.3, 0.4) is 0 Å². The monoisotopic (exact) mass is 292 g/mol. The smallest absolute Gasteiger partial charge is 0.134 e. The van der Waals surface area contributed by atoms with Gasteiger partial charge in [0.15, 0.2) is 0 Å². The van der Waals surface area contributed by atoms with Gasteiger partial charge in [-0.3, -0.25) is 0 Å². The molecule has 1 fully saturated rings. The zero-order valence-electron chi connectivity index (χ0n) is 12.1. The Kier molecular flexibility index (Phi) is 3.31. The third kappa shape index (κ3) is 2.35. The molecule has 22 heavy (non-hydrogen) atoms. The lowest BCUT2D eigenvalue weighted by molar-refractivity contribution is 0.428. The molecule has 1 aromatic heterocycles. The zero-order valence-corrected chi connectivity index (χ0v) is 12.1. The fourth-order valence-corrected chi connectivity index (χ4v) is 2.84. The normalized spacial score (nSPS) is 15.2. The van der Waals surface area contributed by atoms with Crippen molar-refractivity contribution >= 4 is 28.0 Å². The topological polar surface area (TPSA) is 54.0 Å². The van der Waals surface area contributed by atoms with Crippen LogP contribution >= 0.6 is 0 Å². The molecule has 0 amide bonds. The first kappa shape index (κ1) is 13.0. The summed E-state index contributed by atoms with van der Waals surface area (Å²) in [6.07, 6.45) is 4.09. The summed E-state index contributed by atoms with van der Waals surface area (Å²) < 4.78 is 5.11. The highest BCUT2D eigenvalue weighted by atomic mass is 16.5. The maximum absolute atomic E-state index is 5.11. The van der Waals surface area contributed by atoms with Crippen molar-refractivity contribution in [3.05, 3.63) is 48.7 Å². The number of rotatable bonds is 3. The van der Waals surface area contributed by atoms with Gasteiger partial charge in [0, 0.05) is 13.1 Å². The van der Waals surface area contributed by atoms with Crippen LogP contribution in [0, 0.1) is 0 Å². The summed E-state index contributed by atoms with van der Waals surface area (Å²) in [5.41, 5.74) is 3.59. The number of azo groups is 1. The van der Waals surface area contributed by atoms with E-state index in [0.29, 0.717) is 0 Å². The average molecular weight is 292 g/mol. The molecule has 0 atom stereocenters. The van der Waals surface area contributed by atoms with Crippen LogP contribution in [0.4, 0.5) is 17.1 Å². The molecule has 4 rings (SSSR count). The molecule has 110 valence electrons. The van der Waals surface area contributed by atoms with Crippen LogP contribution in [0.15, 0.2) is 63.5 Å². The third-order valence-corrected chi connectivity index (χ3v) is 3.96. The van der Waals surface area contributed by atoms with E-state index in [-0.39, 0.29) is 0 Å².